The number of nitrogens with one attached hydrogen (secondary N) is 1. The molecule has 3 aromatic rings. The number of ether oxygens (including phenoxy) is 4. The van der Waals surface area contributed by atoms with Crippen LogP contribution in [0.15, 0.2) is 36.7 Å². The van der Waals surface area contributed by atoms with E-state index in [-0.39, 0.29) is 17.2 Å². The maximum Gasteiger partial charge on any atom is 0.162 e. The van der Waals surface area contributed by atoms with Crippen LogP contribution in [0.4, 0.5) is 15.9 Å². The van der Waals surface area contributed by atoms with Crippen LogP contribution in [0.3, 0.4) is 0 Å². The van der Waals surface area contributed by atoms with Crippen LogP contribution in [0.2, 0.25) is 5.02 Å². The van der Waals surface area contributed by atoms with Crippen LogP contribution in [-0.2, 0) is 9.47 Å². The number of benzene rings is 2. The summed E-state index contributed by atoms with van der Waals surface area (Å²) in [5.41, 5.74) is 1.30. The zero-order valence-corrected chi connectivity index (χ0v) is 19.6. The summed E-state index contributed by atoms with van der Waals surface area (Å²) >= 11 is 5.91. The van der Waals surface area contributed by atoms with E-state index in [1.807, 2.05) is 12.1 Å². The minimum atomic E-state index is -0.479. The fourth-order valence-corrected chi connectivity index (χ4v) is 4.52. The Bertz CT molecular complexity index is 1150. The van der Waals surface area contributed by atoms with Gasteiger partial charge in [0.2, 0.25) is 0 Å². The molecule has 2 fully saturated rings. The van der Waals surface area contributed by atoms with Gasteiger partial charge in [-0.3, -0.25) is 4.90 Å². The first kappa shape index (κ1) is 23.0. The van der Waals surface area contributed by atoms with E-state index in [1.54, 1.807) is 13.2 Å². The van der Waals surface area contributed by atoms with Crippen LogP contribution in [0.5, 0.6) is 11.5 Å². The topological polar surface area (TPSA) is 78.0 Å². The fraction of sp³-hybridized carbons (Fsp3) is 0.417. The van der Waals surface area contributed by atoms with Crippen LogP contribution in [0, 0.1) is 5.82 Å². The Morgan fingerprint density at radius 2 is 1.91 bits per heavy atom. The maximum absolute atomic E-state index is 13.5. The monoisotopic (exact) mass is 488 g/mol. The minimum Gasteiger partial charge on any atom is -0.493 e. The molecule has 2 aromatic carbocycles. The molecule has 3 heterocycles. The number of hydrogen-bond donors (Lipinski definition) is 1. The van der Waals surface area contributed by atoms with Crippen molar-refractivity contribution >= 4 is 34.0 Å². The van der Waals surface area contributed by atoms with Gasteiger partial charge in [-0.05, 0) is 30.7 Å². The van der Waals surface area contributed by atoms with Crippen LogP contribution in [0.1, 0.15) is 6.42 Å². The summed E-state index contributed by atoms with van der Waals surface area (Å²) in [7, 11) is 1.60. The summed E-state index contributed by atoms with van der Waals surface area (Å²) in [4.78, 5) is 11.0. The molecule has 0 aliphatic carbocycles. The van der Waals surface area contributed by atoms with Crippen molar-refractivity contribution < 1.29 is 23.3 Å². The summed E-state index contributed by atoms with van der Waals surface area (Å²) in [6.07, 6.45) is 2.66. The van der Waals surface area contributed by atoms with E-state index in [0.29, 0.717) is 48.3 Å². The third kappa shape index (κ3) is 5.02. The largest absolute Gasteiger partial charge is 0.493 e. The molecule has 8 nitrogen and oxygen atoms in total. The molecule has 2 aliphatic heterocycles. The standard InChI is InChI=1S/C24H26ClFN4O4/c1-31-20-11-19-16(24(28-14-27-19)29-15-3-4-18(26)17(25)9-15)10-21(20)32-6-2-5-30-12-22-23(13-30)34-8-7-33-22/h3-4,9-11,14,22-23H,2,5-8,12-13H2,1H3,(H,27,28,29)/t22-,23?/m1/s1. The van der Waals surface area contributed by atoms with Crippen molar-refractivity contribution in [2.45, 2.75) is 18.6 Å². The van der Waals surface area contributed by atoms with Crippen molar-refractivity contribution in [1.29, 1.82) is 0 Å². The molecule has 10 heteroatoms. The first-order valence-electron chi connectivity index (χ1n) is 11.2. The SMILES string of the molecule is COc1cc2ncnc(Nc3ccc(F)c(Cl)c3)c2cc1OCCCN1CC2OCCO[C@@H]2C1. The summed E-state index contributed by atoms with van der Waals surface area (Å²) in [5, 5.41) is 3.96. The average molecular weight is 489 g/mol. The van der Waals surface area contributed by atoms with E-state index in [0.717, 1.165) is 31.4 Å². The molecule has 0 amide bonds. The molecule has 2 aliphatic rings. The maximum atomic E-state index is 13.5. The first-order valence-corrected chi connectivity index (χ1v) is 11.6. The average Bonchev–Trinajstić information content (AvgIpc) is 3.27. The van der Waals surface area contributed by atoms with Crippen LogP contribution >= 0.6 is 11.6 Å². The van der Waals surface area contributed by atoms with Gasteiger partial charge >= 0.3 is 0 Å². The van der Waals surface area contributed by atoms with Gasteiger partial charge in [-0.25, -0.2) is 14.4 Å². The van der Waals surface area contributed by atoms with Crippen molar-refractivity contribution in [2.24, 2.45) is 0 Å². The molecule has 1 unspecified atom stereocenters. The molecule has 2 saturated heterocycles. The smallest absolute Gasteiger partial charge is 0.162 e. The van der Waals surface area contributed by atoms with Crippen LogP contribution < -0.4 is 14.8 Å². The second-order valence-electron chi connectivity index (χ2n) is 8.28. The second-order valence-corrected chi connectivity index (χ2v) is 8.68. The Labute approximate surface area is 201 Å². The number of aromatic nitrogens is 2. The lowest BCUT2D eigenvalue weighted by molar-refractivity contribution is -0.116. The highest BCUT2D eigenvalue weighted by Crippen LogP contribution is 2.35. The van der Waals surface area contributed by atoms with Gasteiger partial charge < -0.3 is 24.3 Å². The molecular weight excluding hydrogens is 463 g/mol. The van der Waals surface area contributed by atoms with Crippen molar-refractivity contribution in [3.8, 4) is 11.5 Å². The van der Waals surface area contributed by atoms with Gasteiger partial charge in [0.15, 0.2) is 11.5 Å². The van der Waals surface area contributed by atoms with Gasteiger partial charge in [0.1, 0.15) is 18.0 Å². The highest BCUT2D eigenvalue weighted by Gasteiger charge is 2.36. The van der Waals surface area contributed by atoms with Gasteiger partial charge in [-0.2, -0.15) is 0 Å². The first-order chi connectivity index (χ1) is 16.6. The Kier molecular flexibility index (Phi) is 6.96. The molecule has 0 radical (unpaired) electrons. The number of methoxy groups -OCH3 is 1. The Hall–Kier alpha value is -2.72. The summed E-state index contributed by atoms with van der Waals surface area (Å²) in [6.45, 7) is 4.56. The molecule has 180 valence electrons. The number of fused-ring (bicyclic) bond motifs is 2. The molecule has 0 saturated carbocycles. The third-order valence-electron chi connectivity index (χ3n) is 6.02. The summed E-state index contributed by atoms with van der Waals surface area (Å²) in [5.74, 6) is 1.27. The molecule has 5 rings (SSSR count). The van der Waals surface area contributed by atoms with E-state index in [9.17, 15) is 4.39 Å². The Morgan fingerprint density at radius 1 is 1.12 bits per heavy atom. The van der Waals surface area contributed by atoms with E-state index >= 15 is 0 Å². The van der Waals surface area contributed by atoms with Gasteiger partial charge in [0.05, 0.1) is 49.7 Å². The number of rotatable bonds is 8. The quantitative estimate of drug-likeness (QED) is 0.476. The minimum absolute atomic E-state index is 0.0319. The van der Waals surface area contributed by atoms with Crippen molar-refractivity contribution in [3.63, 3.8) is 0 Å². The van der Waals surface area contributed by atoms with Gasteiger partial charge in [0.25, 0.3) is 0 Å². The van der Waals surface area contributed by atoms with Crippen LogP contribution in [-0.4, -0.2) is 73.6 Å². The Morgan fingerprint density at radius 3 is 2.65 bits per heavy atom. The van der Waals surface area contributed by atoms with Crippen molar-refractivity contribution in [1.82, 2.24) is 14.9 Å². The molecule has 2 atom stereocenters. The van der Waals surface area contributed by atoms with Gasteiger partial charge in [-0.15, -0.1) is 0 Å². The predicted molar refractivity (Wildman–Crippen MR) is 127 cm³/mol. The number of likely N-dealkylation sites (tertiary alicyclic amines) is 1. The Balaban J connectivity index is 1.27. The lowest BCUT2D eigenvalue weighted by Crippen LogP contribution is -2.36. The molecular formula is C24H26ClFN4O4. The highest BCUT2D eigenvalue weighted by molar-refractivity contribution is 6.31. The number of hydrogen-bond acceptors (Lipinski definition) is 8. The molecule has 0 spiro atoms. The number of halogens is 2. The lowest BCUT2D eigenvalue weighted by atomic mass is 10.2. The van der Waals surface area contributed by atoms with E-state index in [4.69, 9.17) is 30.5 Å². The molecule has 1 N–H and O–H groups in total. The fourth-order valence-electron chi connectivity index (χ4n) is 4.34. The summed E-state index contributed by atoms with van der Waals surface area (Å²) in [6, 6.07) is 8.08. The van der Waals surface area contributed by atoms with Crippen molar-refractivity contribution in [3.05, 3.63) is 47.5 Å². The third-order valence-corrected chi connectivity index (χ3v) is 6.31. The van der Waals surface area contributed by atoms with Gasteiger partial charge in [0, 0.05) is 36.8 Å². The van der Waals surface area contributed by atoms with Crippen molar-refractivity contribution in [2.75, 3.05) is 51.9 Å². The lowest BCUT2D eigenvalue weighted by Gasteiger charge is -2.24. The summed E-state index contributed by atoms with van der Waals surface area (Å²) < 4.78 is 36.7. The predicted octanol–water partition coefficient (Wildman–Crippen LogP) is 4.04. The molecule has 34 heavy (non-hydrogen) atoms. The molecule has 1 aromatic heterocycles. The van der Waals surface area contributed by atoms with Crippen LogP contribution in [0.25, 0.3) is 10.9 Å². The normalized spacial score (nSPS) is 20.3. The second kappa shape index (κ2) is 10.3. The number of nitrogens with zero attached hydrogens (tertiary/aromatic N) is 3. The number of anilines is 2. The highest BCUT2D eigenvalue weighted by atomic mass is 35.5. The zero-order chi connectivity index (χ0) is 23.5. The zero-order valence-electron chi connectivity index (χ0n) is 18.8. The van der Waals surface area contributed by atoms with E-state index in [1.165, 1.54) is 18.5 Å². The van der Waals surface area contributed by atoms with E-state index < -0.39 is 5.82 Å². The molecule has 0 bridgehead atoms. The van der Waals surface area contributed by atoms with Gasteiger partial charge in [-0.1, -0.05) is 11.6 Å². The van der Waals surface area contributed by atoms with E-state index in [2.05, 4.69) is 20.2 Å².